The van der Waals surface area contributed by atoms with Gasteiger partial charge in [-0.05, 0) is 42.3 Å². The number of nitrogens with one attached hydrogen (secondary N) is 1. The summed E-state index contributed by atoms with van der Waals surface area (Å²) >= 11 is 0. The molecule has 0 spiro atoms. The van der Waals surface area contributed by atoms with Gasteiger partial charge in [-0.25, -0.2) is 14.6 Å². The molecule has 8 heteroatoms. The second-order valence-electron chi connectivity index (χ2n) is 7.24. The first-order valence-corrected chi connectivity index (χ1v) is 9.72. The van der Waals surface area contributed by atoms with Gasteiger partial charge in [-0.3, -0.25) is 0 Å². The molecule has 0 amide bonds. The summed E-state index contributed by atoms with van der Waals surface area (Å²) in [5.74, 6) is 0.140. The summed E-state index contributed by atoms with van der Waals surface area (Å²) in [6.07, 6.45) is 3.77. The van der Waals surface area contributed by atoms with Crippen molar-refractivity contribution in [1.29, 1.82) is 5.26 Å². The van der Waals surface area contributed by atoms with Gasteiger partial charge in [-0.15, -0.1) is 5.10 Å². The maximum absolute atomic E-state index is 9.32. The molecular formula is C23H18N8. The molecule has 2 aromatic carbocycles. The van der Waals surface area contributed by atoms with Crippen LogP contribution in [0.25, 0.3) is 33.5 Å². The molecule has 5 aromatic rings. The van der Waals surface area contributed by atoms with E-state index in [0.717, 1.165) is 27.6 Å². The van der Waals surface area contributed by atoms with Gasteiger partial charge in [0.2, 0.25) is 5.95 Å². The van der Waals surface area contributed by atoms with Crippen molar-refractivity contribution >= 4 is 16.9 Å². The van der Waals surface area contributed by atoms with Crippen LogP contribution in [0.1, 0.15) is 16.7 Å². The lowest BCUT2D eigenvalue weighted by Gasteiger charge is -2.08. The summed E-state index contributed by atoms with van der Waals surface area (Å²) in [5, 5.41) is 19.0. The van der Waals surface area contributed by atoms with Crippen LogP contribution in [0.5, 0.6) is 0 Å². The average Bonchev–Trinajstić information content (AvgIpc) is 3.43. The van der Waals surface area contributed by atoms with Crippen molar-refractivity contribution in [1.82, 2.24) is 29.9 Å². The SMILES string of the molecule is Cc1c(C#N)cccc1-c1cc(-c2cn(Cc3cccc4[nH]ccc34)nn2)nc(N)n1. The number of hydrogen-bond donors (Lipinski definition) is 2. The molecule has 8 nitrogen and oxygen atoms in total. The molecule has 3 aromatic heterocycles. The third kappa shape index (κ3) is 3.38. The second kappa shape index (κ2) is 7.39. The highest BCUT2D eigenvalue weighted by molar-refractivity contribution is 5.82. The predicted octanol–water partition coefficient (Wildman–Crippen LogP) is 3.69. The zero-order valence-electron chi connectivity index (χ0n) is 16.7. The molecule has 0 unspecified atom stereocenters. The Morgan fingerprint density at radius 1 is 1.06 bits per heavy atom. The van der Waals surface area contributed by atoms with E-state index in [1.54, 1.807) is 10.7 Å². The Hall–Kier alpha value is -4.51. The third-order valence-electron chi connectivity index (χ3n) is 5.29. The summed E-state index contributed by atoms with van der Waals surface area (Å²) in [5.41, 5.74) is 12.3. The Labute approximate surface area is 178 Å². The van der Waals surface area contributed by atoms with E-state index in [9.17, 15) is 5.26 Å². The fraction of sp³-hybridized carbons (Fsp3) is 0.0870. The van der Waals surface area contributed by atoms with Crippen LogP contribution in [-0.4, -0.2) is 29.9 Å². The number of fused-ring (bicyclic) bond motifs is 1. The molecular weight excluding hydrogens is 388 g/mol. The first-order chi connectivity index (χ1) is 15.1. The highest BCUT2D eigenvalue weighted by Gasteiger charge is 2.14. The Morgan fingerprint density at radius 3 is 2.77 bits per heavy atom. The van der Waals surface area contributed by atoms with Gasteiger partial charge in [-0.1, -0.05) is 29.5 Å². The maximum atomic E-state index is 9.32. The number of hydrogen-bond acceptors (Lipinski definition) is 6. The van der Waals surface area contributed by atoms with Crippen molar-refractivity contribution in [2.75, 3.05) is 5.73 Å². The summed E-state index contributed by atoms with van der Waals surface area (Å²) in [6, 6.07) is 17.7. The van der Waals surface area contributed by atoms with Crippen molar-refractivity contribution < 1.29 is 0 Å². The average molecular weight is 406 g/mol. The van der Waals surface area contributed by atoms with Crippen LogP contribution in [0.2, 0.25) is 0 Å². The van der Waals surface area contributed by atoms with Gasteiger partial charge in [0.15, 0.2) is 0 Å². The Morgan fingerprint density at radius 2 is 1.90 bits per heavy atom. The molecule has 5 rings (SSSR count). The van der Waals surface area contributed by atoms with Gasteiger partial charge < -0.3 is 10.7 Å². The van der Waals surface area contributed by atoms with Gasteiger partial charge in [0.05, 0.1) is 35.8 Å². The van der Waals surface area contributed by atoms with Gasteiger partial charge in [0, 0.05) is 22.7 Å². The van der Waals surface area contributed by atoms with Gasteiger partial charge in [0.1, 0.15) is 5.69 Å². The Bertz CT molecular complexity index is 1450. The molecule has 0 bridgehead atoms. The van der Waals surface area contributed by atoms with E-state index in [1.165, 1.54) is 0 Å². The molecule has 3 heterocycles. The monoisotopic (exact) mass is 406 g/mol. The van der Waals surface area contributed by atoms with E-state index in [2.05, 4.69) is 43.5 Å². The standard InChI is InChI=1S/C23H18N8/c1-14-15(11-24)4-2-6-17(14)20-10-21(28-23(25)27-20)22-13-31(30-29-22)12-16-5-3-7-19-18(16)8-9-26-19/h2-10,13,26H,12H2,1H3,(H2,25,27,28). The summed E-state index contributed by atoms with van der Waals surface area (Å²) in [7, 11) is 0. The number of nitrogen functional groups attached to an aromatic ring is 1. The summed E-state index contributed by atoms with van der Waals surface area (Å²) < 4.78 is 1.77. The zero-order valence-corrected chi connectivity index (χ0v) is 16.7. The summed E-state index contributed by atoms with van der Waals surface area (Å²) in [6.45, 7) is 2.47. The fourth-order valence-electron chi connectivity index (χ4n) is 3.73. The number of rotatable bonds is 4. The van der Waals surface area contributed by atoms with E-state index < -0.39 is 0 Å². The van der Waals surface area contributed by atoms with Crippen molar-refractivity contribution in [3.8, 4) is 28.7 Å². The number of nitriles is 1. The van der Waals surface area contributed by atoms with Crippen LogP contribution in [0, 0.1) is 18.3 Å². The number of nitrogens with two attached hydrogens (primary N) is 1. The second-order valence-corrected chi connectivity index (χ2v) is 7.24. The topological polar surface area (TPSA) is 122 Å². The van der Waals surface area contributed by atoms with Crippen LogP contribution in [-0.2, 0) is 6.54 Å². The van der Waals surface area contributed by atoms with Crippen molar-refractivity contribution in [2.45, 2.75) is 13.5 Å². The molecule has 3 N–H and O–H groups in total. The highest BCUT2D eigenvalue weighted by atomic mass is 15.4. The van der Waals surface area contributed by atoms with Gasteiger partial charge >= 0.3 is 0 Å². The van der Waals surface area contributed by atoms with Gasteiger partial charge in [0.25, 0.3) is 0 Å². The number of aromatic nitrogens is 6. The lowest BCUT2D eigenvalue weighted by molar-refractivity contribution is 0.652. The lowest BCUT2D eigenvalue weighted by Crippen LogP contribution is -2.01. The van der Waals surface area contributed by atoms with E-state index in [0.29, 0.717) is 29.2 Å². The van der Waals surface area contributed by atoms with E-state index >= 15 is 0 Å². The number of benzene rings is 2. The van der Waals surface area contributed by atoms with Crippen LogP contribution < -0.4 is 5.73 Å². The molecule has 0 radical (unpaired) electrons. The number of nitrogens with zero attached hydrogens (tertiary/aromatic N) is 6. The Balaban J connectivity index is 1.50. The minimum Gasteiger partial charge on any atom is -0.368 e. The molecule has 0 saturated carbocycles. The molecule has 31 heavy (non-hydrogen) atoms. The molecule has 0 aliphatic rings. The quantitative estimate of drug-likeness (QED) is 0.469. The van der Waals surface area contributed by atoms with Crippen molar-refractivity contribution in [3.63, 3.8) is 0 Å². The molecule has 0 atom stereocenters. The zero-order chi connectivity index (χ0) is 21.4. The molecule has 0 saturated heterocycles. The number of aromatic amines is 1. The minimum atomic E-state index is 0.140. The molecule has 0 fully saturated rings. The van der Waals surface area contributed by atoms with Crippen molar-refractivity contribution in [3.05, 3.63) is 77.6 Å². The predicted molar refractivity (Wildman–Crippen MR) is 118 cm³/mol. The largest absolute Gasteiger partial charge is 0.368 e. The highest BCUT2D eigenvalue weighted by Crippen LogP contribution is 2.27. The Kier molecular flexibility index (Phi) is 4.41. The first kappa shape index (κ1) is 18.5. The normalized spacial score (nSPS) is 11.0. The van der Waals surface area contributed by atoms with Crippen LogP contribution in [0.4, 0.5) is 5.95 Å². The molecule has 0 aliphatic heterocycles. The minimum absolute atomic E-state index is 0.140. The van der Waals surface area contributed by atoms with Crippen molar-refractivity contribution in [2.24, 2.45) is 0 Å². The number of H-pyrrole nitrogens is 1. The molecule has 0 aliphatic carbocycles. The number of anilines is 1. The van der Waals surface area contributed by atoms with E-state index in [1.807, 2.05) is 49.6 Å². The van der Waals surface area contributed by atoms with Gasteiger partial charge in [-0.2, -0.15) is 5.26 Å². The summed E-state index contributed by atoms with van der Waals surface area (Å²) in [4.78, 5) is 11.9. The first-order valence-electron chi connectivity index (χ1n) is 9.72. The van der Waals surface area contributed by atoms with Crippen LogP contribution in [0.3, 0.4) is 0 Å². The smallest absolute Gasteiger partial charge is 0.221 e. The van der Waals surface area contributed by atoms with Crippen LogP contribution >= 0.6 is 0 Å². The fourth-order valence-corrected chi connectivity index (χ4v) is 3.73. The van der Waals surface area contributed by atoms with Crippen LogP contribution in [0.15, 0.2) is 60.9 Å². The maximum Gasteiger partial charge on any atom is 0.221 e. The van der Waals surface area contributed by atoms with E-state index in [4.69, 9.17) is 5.73 Å². The lowest BCUT2D eigenvalue weighted by atomic mass is 10.00. The van der Waals surface area contributed by atoms with E-state index in [-0.39, 0.29) is 5.95 Å². The molecule has 150 valence electrons. The third-order valence-corrected chi connectivity index (χ3v) is 5.29.